The van der Waals surface area contributed by atoms with Crippen molar-refractivity contribution in [3.8, 4) is 0 Å². The number of hydrogen-bond acceptors (Lipinski definition) is 3. The van der Waals surface area contributed by atoms with E-state index in [4.69, 9.17) is 4.74 Å². The van der Waals surface area contributed by atoms with Gasteiger partial charge in [-0.25, -0.2) is 4.79 Å². The number of rotatable bonds is 4. The van der Waals surface area contributed by atoms with Crippen molar-refractivity contribution in [2.24, 2.45) is 0 Å². The van der Waals surface area contributed by atoms with Crippen LogP contribution in [0.3, 0.4) is 0 Å². The van der Waals surface area contributed by atoms with Crippen LogP contribution < -0.4 is 0 Å². The quantitative estimate of drug-likeness (QED) is 0.605. The summed E-state index contributed by atoms with van der Waals surface area (Å²) in [4.78, 5) is 27.0. The van der Waals surface area contributed by atoms with E-state index in [2.05, 4.69) is 15.9 Å². The van der Waals surface area contributed by atoms with Gasteiger partial charge in [-0.3, -0.25) is 4.79 Å². The highest BCUT2D eigenvalue weighted by Gasteiger charge is 2.50. The lowest BCUT2D eigenvalue weighted by Crippen LogP contribution is -2.53. The number of nitrogens with zero attached hydrogens (tertiary/aromatic N) is 1. The molecule has 0 radical (unpaired) electrons. The van der Waals surface area contributed by atoms with Gasteiger partial charge < -0.3 is 9.64 Å². The molecule has 1 saturated heterocycles. The fraction of sp³-hybridized carbons (Fsp3) is 0.412. The molecule has 1 aliphatic rings. The standard InChI is InChI=1S/C17H20BrNO3/c1-3-4-10-17(16(21)22-2)11-7-12-19(17)15(20)13-8-5-6-9-14(13)18/h3-6,8-9H,7,10-12H2,1-2H3/b4-3+. The van der Waals surface area contributed by atoms with Crippen LogP contribution in [0.5, 0.6) is 0 Å². The molecule has 4 nitrogen and oxygen atoms in total. The summed E-state index contributed by atoms with van der Waals surface area (Å²) in [7, 11) is 1.37. The summed E-state index contributed by atoms with van der Waals surface area (Å²) < 4.78 is 5.74. The number of allylic oxidation sites excluding steroid dienone is 1. The van der Waals surface area contributed by atoms with Gasteiger partial charge in [-0.1, -0.05) is 24.3 Å². The fourth-order valence-electron chi connectivity index (χ4n) is 2.97. The van der Waals surface area contributed by atoms with E-state index in [1.807, 2.05) is 37.3 Å². The molecule has 5 heteroatoms. The zero-order chi connectivity index (χ0) is 16.2. The average molecular weight is 366 g/mol. The Morgan fingerprint density at radius 1 is 1.41 bits per heavy atom. The van der Waals surface area contributed by atoms with Crippen LogP contribution in [-0.4, -0.2) is 36.0 Å². The van der Waals surface area contributed by atoms with Crippen molar-refractivity contribution in [1.29, 1.82) is 0 Å². The molecule has 0 saturated carbocycles. The van der Waals surface area contributed by atoms with E-state index in [9.17, 15) is 9.59 Å². The van der Waals surface area contributed by atoms with Crippen LogP contribution in [0, 0.1) is 0 Å². The number of carbonyl (C=O) groups excluding carboxylic acids is 2. The normalized spacial score (nSPS) is 21.3. The number of methoxy groups -OCH3 is 1. The maximum Gasteiger partial charge on any atom is 0.332 e. The maximum atomic E-state index is 12.9. The number of benzene rings is 1. The highest BCUT2D eigenvalue weighted by Crippen LogP contribution is 2.36. The number of ether oxygens (including phenoxy) is 1. The number of carbonyl (C=O) groups is 2. The predicted molar refractivity (Wildman–Crippen MR) is 88.6 cm³/mol. The Balaban J connectivity index is 2.40. The Morgan fingerprint density at radius 3 is 2.77 bits per heavy atom. The Hall–Kier alpha value is -1.62. The third kappa shape index (κ3) is 2.95. The second kappa shape index (κ2) is 7.09. The van der Waals surface area contributed by atoms with Gasteiger partial charge in [-0.2, -0.15) is 0 Å². The number of likely N-dealkylation sites (tertiary alicyclic amines) is 1. The molecule has 0 bridgehead atoms. The van der Waals surface area contributed by atoms with Gasteiger partial charge in [0.2, 0.25) is 0 Å². The van der Waals surface area contributed by atoms with Crippen molar-refractivity contribution < 1.29 is 14.3 Å². The summed E-state index contributed by atoms with van der Waals surface area (Å²) in [6, 6.07) is 7.27. The van der Waals surface area contributed by atoms with Crippen LogP contribution in [0.2, 0.25) is 0 Å². The first kappa shape index (κ1) is 16.7. The van der Waals surface area contributed by atoms with Crippen molar-refractivity contribution in [2.75, 3.05) is 13.7 Å². The first-order valence-electron chi connectivity index (χ1n) is 7.33. The first-order valence-corrected chi connectivity index (χ1v) is 8.12. The number of hydrogen-bond donors (Lipinski definition) is 0. The molecule has 1 fully saturated rings. The van der Waals surface area contributed by atoms with Crippen molar-refractivity contribution in [3.05, 3.63) is 46.5 Å². The van der Waals surface area contributed by atoms with Crippen LogP contribution in [0.4, 0.5) is 0 Å². The van der Waals surface area contributed by atoms with Gasteiger partial charge in [0.15, 0.2) is 0 Å². The van der Waals surface area contributed by atoms with Crippen molar-refractivity contribution in [1.82, 2.24) is 4.90 Å². The molecule has 1 heterocycles. The third-order valence-electron chi connectivity index (χ3n) is 4.09. The predicted octanol–water partition coefficient (Wildman–Crippen LogP) is 3.56. The van der Waals surface area contributed by atoms with E-state index < -0.39 is 5.54 Å². The zero-order valence-corrected chi connectivity index (χ0v) is 14.4. The Morgan fingerprint density at radius 2 is 2.14 bits per heavy atom. The van der Waals surface area contributed by atoms with Crippen LogP contribution in [0.25, 0.3) is 0 Å². The second-order valence-corrected chi connectivity index (χ2v) is 6.19. The van der Waals surface area contributed by atoms with Gasteiger partial charge in [0, 0.05) is 11.0 Å². The second-order valence-electron chi connectivity index (χ2n) is 5.34. The van der Waals surface area contributed by atoms with Gasteiger partial charge in [0.25, 0.3) is 5.91 Å². The SMILES string of the molecule is C/C=C/CC1(C(=O)OC)CCCN1C(=O)c1ccccc1Br. The van der Waals surface area contributed by atoms with Crippen LogP contribution in [0.1, 0.15) is 36.5 Å². The fourth-order valence-corrected chi connectivity index (χ4v) is 3.42. The van der Waals surface area contributed by atoms with Crippen LogP contribution >= 0.6 is 15.9 Å². The largest absolute Gasteiger partial charge is 0.467 e. The molecular weight excluding hydrogens is 346 g/mol. The highest BCUT2D eigenvalue weighted by atomic mass is 79.9. The van der Waals surface area contributed by atoms with Gasteiger partial charge in [-0.05, 0) is 54.2 Å². The molecule has 1 amide bonds. The lowest BCUT2D eigenvalue weighted by Gasteiger charge is -2.35. The van der Waals surface area contributed by atoms with Crippen molar-refractivity contribution in [2.45, 2.75) is 31.7 Å². The van der Waals surface area contributed by atoms with E-state index in [0.717, 1.165) is 10.9 Å². The monoisotopic (exact) mass is 365 g/mol. The first-order chi connectivity index (χ1) is 10.6. The molecule has 1 aromatic rings. The van der Waals surface area contributed by atoms with E-state index in [1.54, 1.807) is 11.0 Å². The van der Waals surface area contributed by atoms with E-state index in [0.29, 0.717) is 24.9 Å². The molecule has 118 valence electrons. The average Bonchev–Trinajstić information content (AvgIpc) is 2.97. The van der Waals surface area contributed by atoms with E-state index in [1.165, 1.54) is 7.11 Å². The van der Waals surface area contributed by atoms with Gasteiger partial charge in [0.1, 0.15) is 5.54 Å². The lowest BCUT2D eigenvalue weighted by atomic mass is 9.91. The maximum absolute atomic E-state index is 12.9. The molecule has 0 N–H and O–H groups in total. The number of amides is 1. The summed E-state index contributed by atoms with van der Waals surface area (Å²) in [6.07, 6.45) is 5.71. The Kier molecular flexibility index (Phi) is 5.40. The molecule has 22 heavy (non-hydrogen) atoms. The van der Waals surface area contributed by atoms with E-state index >= 15 is 0 Å². The third-order valence-corrected chi connectivity index (χ3v) is 4.79. The molecule has 1 unspecified atom stereocenters. The number of halogens is 1. The Labute approximate surface area is 139 Å². The summed E-state index contributed by atoms with van der Waals surface area (Å²) in [5.41, 5.74) is -0.327. The number of esters is 1. The summed E-state index contributed by atoms with van der Waals surface area (Å²) in [5, 5.41) is 0. The van der Waals surface area contributed by atoms with E-state index in [-0.39, 0.29) is 11.9 Å². The van der Waals surface area contributed by atoms with Crippen LogP contribution in [-0.2, 0) is 9.53 Å². The zero-order valence-electron chi connectivity index (χ0n) is 12.8. The molecular formula is C17H20BrNO3. The van der Waals surface area contributed by atoms with Crippen LogP contribution in [0.15, 0.2) is 40.9 Å². The molecule has 0 aliphatic carbocycles. The summed E-state index contributed by atoms with van der Waals surface area (Å²) >= 11 is 3.41. The molecule has 0 spiro atoms. The van der Waals surface area contributed by atoms with Gasteiger partial charge in [0.05, 0.1) is 12.7 Å². The summed E-state index contributed by atoms with van der Waals surface area (Å²) in [5.74, 6) is -0.483. The summed E-state index contributed by atoms with van der Waals surface area (Å²) in [6.45, 7) is 2.46. The van der Waals surface area contributed by atoms with Gasteiger partial charge >= 0.3 is 5.97 Å². The van der Waals surface area contributed by atoms with Gasteiger partial charge in [-0.15, -0.1) is 0 Å². The molecule has 1 aliphatic heterocycles. The minimum absolute atomic E-state index is 0.139. The van der Waals surface area contributed by atoms with Crippen molar-refractivity contribution in [3.63, 3.8) is 0 Å². The minimum atomic E-state index is -0.895. The molecule has 1 atom stereocenters. The minimum Gasteiger partial charge on any atom is -0.467 e. The van der Waals surface area contributed by atoms with Crippen molar-refractivity contribution >= 4 is 27.8 Å². The molecule has 0 aromatic heterocycles. The highest BCUT2D eigenvalue weighted by molar-refractivity contribution is 9.10. The smallest absolute Gasteiger partial charge is 0.332 e. The Bertz CT molecular complexity index is 599. The topological polar surface area (TPSA) is 46.6 Å². The lowest BCUT2D eigenvalue weighted by molar-refractivity contribution is -0.152. The molecule has 2 rings (SSSR count). The molecule has 1 aromatic carbocycles.